The fourth-order valence-electron chi connectivity index (χ4n) is 0.917. The summed E-state index contributed by atoms with van der Waals surface area (Å²) in [5.74, 6) is 5.21. The number of azide groups is 1. The largest absolute Gasteiger partial charge is 0.242 e. The second-order valence-electron chi connectivity index (χ2n) is 2.77. The van der Waals surface area contributed by atoms with Crippen LogP contribution >= 0.6 is 0 Å². The summed E-state index contributed by atoms with van der Waals surface area (Å²) in [4.78, 5) is 6.54. The lowest BCUT2D eigenvalue weighted by Crippen LogP contribution is -1.90. The van der Waals surface area contributed by atoms with Gasteiger partial charge >= 0.3 is 0 Å². The molecule has 0 aliphatic rings. The zero-order chi connectivity index (χ0) is 11.1. The number of hydrogen-bond donors (Lipinski definition) is 0. The highest BCUT2D eigenvalue weighted by Crippen LogP contribution is 2.03. The molecule has 0 amide bonds. The molecule has 0 aromatic carbocycles. The monoisotopic (exact) mass is 204 g/mol. The Kier molecular flexibility index (Phi) is 4.14. The van der Waals surface area contributed by atoms with Crippen LogP contribution in [-0.4, -0.2) is 11.5 Å². The highest BCUT2D eigenvalue weighted by atomic mass is 19.1. The van der Waals surface area contributed by atoms with Crippen LogP contribution in [-0.2, 0) is 0 Å². The minimum absolute atomic E-state index is 0.330. The third-order valence-electron chi connectivity index (χ3n) is 1.64. The predicted molar refractivity (Wildman–Crippen MR) is 54.4 cm³/mol. The van der Waals surface area contributed by atoms with E-state index in [1.54, 1.807) is 6.92 Å². The van der Waals surface area contributed by atoms with Crippen molar-refractivity contribution in [3.05, 3.63) is 39.8 Å². The average Bonchev–Trinajstić information content (AvgIpc) is 2.23. The average molecular weight is 204 g/mol. The standard InChI is InChI=1S/C10H9FN4/c1-8-10(11)6-5-9(14-8)4-2-3-7-13-15-12/h5-6H,3,7H2,1H3. The SMILES string of the molecule is Cc1nc(C#CCCN=[N+]=[N-])ccc1F. The second kappa shape index (κ2) is 5.63. The van der Waals surface area contributed by atoms with Crippen molar-refractivity contribution in [2.75, 3.05) is 6.54 Å². The van der Waals surface area contributed by atoms with E-state index in [9.17, 15) is 4.39 Å². The van der Waals surface area contributed by atoms with Crippen molar-refractivity contribution >= 4 is 0 Å². The van der Waals surface area contributed by atoms with Gasteiger partial charge in [-0.15, -0.1) is 0 Å². The van der Waals surface area contributed by atoms with E-state index in [4.69, 9.17) is 5.53 Å². The molecule has 0 radical (unpaired) electrons. The van der Waals surface area contributed by atoms with Crippen molar-refractivity contribution in [2.45, 2.75) is 13.3 Å². The Labute approximate surface area is 86.8 Å². The summed E-state index contributed by atoms with van der Waals surface area (Å²) in [6.07, 6.45) is 0.474. The lowest BCUT2D eigenvalue weighted by Gasteiger charge is -1.94. The van der Waals surface area contributed by atoms with Crippen molar-refractivity contribution in [1.29, 1.82) is 0 Å². The molecule has 4 nitrogen and oxygen atoms in total. The molecular formula is C10H9FN4. The fraction of sp³-hybridized carbons (Fsp3) is 0.300. The van der Waals surface area contributed by atoms with Gasteiger partial charge in [0.2, 0.25) is 0 Å². The van der Waals surface area contributed by atoms with Gasteiger partial charge in [0.25, 0.3) is 0 Å². The maximum atomic E-state index is 12.8. The summed E-state index contributed by atoms with van der Waals surface area (Å²) in [5.41, 5.74) is 8.86. The van der Waals surface area contributed by atoms with Gasteiger partial charge in [-0.05, 0) is 30.5 Å². The molecule has 0 aliphatic heterocycles. The number of halogens is 1. The molecule has 15 heavy (non-hydrogen) atoms. The van der Waals surface area contributed by atoms with Gasteiger partial charge in [-0.1, -0.05) is 11.0 Å². The van der Waals surface area contributed by atoms with Gasteiger partial charge in [0.05, 0.1) is 5.69 Å². The van der Waals surface area contributed by atoms with E-state index in [2.05, 4.69) is 26.9 Å². The molecule has 1 aromatic heterocycles. The van der Waals surface area contributed by atoms with Gasteiger partial charge in [0.15, 0.2) is 0 Å². The molecule has 0 bridgehead atoms. The van der Waals surface area contributed by atoms with E-state index in [1.165, 1.54) is 12.1 Å². The molecule has 0 saturated carbocycles. The molecule has 0 saturated heterocycles. The van der Waals surface area contributed by atoms with Crippen LogP contribution in [0.2, 0.25) is 0 Å². The zero-order valence-electron chi connectivity index (χ0n) is 8.24. The van der Waals surface area contributed by atoms with E-state index < -0.39 is 0 Å². The lowest BCUT2D eigenvalue weighted by molar-refractivity contribution is 0.609. The normalized spacial score (nSPS) is 8.67. The molecule has 5 heteroatoms. The predicted octanol–water partition coefficient (Wildman–Crippen LogP) is 2.58. The van der Waals surface area contributed by atoms with Crippen LogP contribution in [0.5, 0.6) is 0 Å². The van der Waals surface area contributed by atoms with E-state index in [0.717, 1.165) is 0 Å². The number of aryl methyl sites for hydroxylation is 1. The molecule has 0 atom stereocenters. The molecule has 0 N–H and O–H groups in total. The second-order valence-corrected chi connectivity index (χ2v) is 2.77. The molecule has 76 valence electrons. The van der Waals surface area contributed by atoms with Gasteiger partial charge in [-0.2, -0.15) is 0 Å². The first-order chi connectivity index (χ1) is 7.24. The topological polar surface area (TPSA) is 61.7 Å². The minimum Gasteiger partial charge on any atom is -0.242 e. The van der Waals surface area contributed by atoms with Crippen molar-refractivity contribution in [3.8, 4) is 11.8 Å². The first kappa shape index (κ1) is 11.0. The third kappa shape index (κ3) is 3.67. The van der Waals surface area contributed by atoms with Crippen LogP contribution in [0, 0.1) is 24.6 Å². The van der Waals surface area contributed by atoms with Gasteiger partial charge in [0.1, 0.15) is 11.5 Å². The van der Waals surface area contributed by atoms with Crippen molar-refractivity contribution in [2.24, 2.45) is 5.11 Å². The van der Waals surface area contributed by atoms with Crippen LogP contribution in [0.25, 0.3) is 10.4 Å². The molecule has 1 rings (SSSR count). The molecule has 1 heterocycles. The van der Waals surface area contributed by atoms with Crippen molar-refractivity contribution < 1.29 is 4.39 Å². The maximum Gasteiger partial charge on any atom is 0.144 e. The molecule has 0 spiro atoms. The fourth-order valence-corrected chi connectivity index (χ4v) is 0.917. The van der Waals surface area contributed by atoms with Gasteiger partial charge in [-0.3, -0.25) is 0 Å². The number of rotatable bonds is 2. The first-order valence-corrected chi connectivity index (χ1v) is 4.37. The quantitative estimate of drug-likeness (QED) is 0.240. The van der Waals surface area contributed by atoms with Gasteiger partial charge in [0, 0.05) is 17.9 Å². The molecule has 0 fully saturated rings. The summed E-state index contributed by atoms with van der Waals surface area (Å²) in [5, 5.41) is 3.33. The van der Waals surface area contributed by atoms with E-state index in [0.29, 0.717) is 24.4 Å². The van der Waals surface area contributed by atoms with Gasteiger partial charge in [-0.25, -0.2) is 9.37 Å². The Morgan fingerprint density at radius 2 is 2.40 bits per heavy atom. The highest BCUT2D eigenvalue weighted by Gasteiger charge is 1.97. The van der Waals surface area contributed by atoms with E-state index in [-0.39, 0.29) is 5.82 Å². The van der Waals surface area contributed by atoms with Crippen LogP contribution in [0.15, 0.2) is 17.2 Å². The Morgan fingerprint density at radius 1 is 1.60 bits per heavy atom. The molecular weight excluding hydrogens is 195 g/mol. The number of aromatic nitrogens is 1. The Morgan fingerprint density at radius 3 is 3.07 bits per heavy atom. The van der Waals surface area contributed by atoms with Crippen molar-refractivity contribution in [1.82, 2.24) is 4.98 Å². The summed E-state index contributed by atoms with van der Waals surface area (Å²) in [7, 11) is 0. The number of nitrogens with zero attached hydrogens (tertiary/aromatic N) is 4. The Hall–Kier alpha value is -2.05. The summed E-state index contributed by atoms with van der Waals surface area (Å²) < 4.78 is 12.8. The van der Waals surface area contributed by atoms with Crippen molar-refractivity contribution in [3.63, 3.8) is 0 Å². The molecule has 1 aromatic rings. The Balaban J connectivity index is 2.64. The maximum absolute atomic E-state index is 12.8. The summed E-state index contributed by atoms with van der Waals surface area (Å²) in [6.45, 7) is 1.92. The molecule has 0 aliphatic carbocycles. The minimum atomic E-state index is -0.338. The smallest absolute Gasteiger partial charge is 0.144 e. The van der Waals surface area contributed by atoms with Gasteiger partial charge < -0.3 is 0 Å². The summed E-state index contributed by atoms with van der Waals surface area (Å²) >= 11 is 0. The highest BCUT2D eigenvalue weighted by molar-refractivity contribution is 5.28. The van der Waals surface area contributed by atoms with Crippen LogP contribution in [0.3, 0.4) is 0 Å². The zero-order valence-corrected chi connectivity index (χ0v) is 8.24. The molecule has 0 unspecified atom stereocenters. The first-order valence-electron chi connectivity index (χ1n) is 4.37. The summed E-state index contributed by atoms with van der Waals surface area (Å²) in [6, 6.07) is 2.85. The number of hydrogen-bond acceptors (Lipinski definition) is 2. The van der Waals surface area contributed by atoms with E-state index in [1.807, 2.05) is 0 Å². The van der Waals surface area contributed by atoms with Crippen LogP contribution in [0.1, 0.15) is 17.8 Å². The number of pyridine rings is 1. The van der Waals surface area contributed by atoms with Crippen LogP contribution < -0.4 is 0 Å². The Bertz CT molecular complexity index is 452. The third-order valence-corrected chi connectivity index (χ3v) is 1.64. The van der Waals surface area contributed by atoms with Crippen LogP contribution in [0.4, 0.5) is 4.39 Å². The lowest BCUT2D eigenvalue weighted by atomic mass is 10.3. The van der Waals surface area contributed by atoms with E-state index >= 15 is 0 Å².